The maximum Gasteiger partial charge on any atom is 0.257 e. The smallest absolute Gasteiger partial charge is 0.257 e. The third-order valence-electron chi connectivity index (χ3n) is 4.50. The molecule has 0 aliphatic carbocycles. The molecular weight excluding hydrogens is 403 g/mol. The number of hydrogen-bond acceptors (Lipinski definition) is 6. The second-order valence-corrected chi connectivity index (χ2v) is 6.87. The van der Waals surface area contributed by atoms with Gasteiger partial charge in [-0.2, -0.15) is 0 Å². The van der Waals surface area contributed by atoms with Crippen molar-refractivity contribution in [3.8, 4) is 5.75 Å². The van der Waals surface area contributed by atoms with E-state index in [1.807, 2.05) is 0 Å². The van der Waals surface area contributed by atoms with Gasteiger partial charge in [0.05, 0.1) is 24.6 Å². The quantitative estimate of drug-likeness (QED) is 0.722. The Morgan fingerprint density at radius 1 is 1.17 bits per heavy atom. The molecular formula is C18H18FN4O5S-. The van der Waals surface area contributed by atoms with Crippen LogP contribution in [-0.2, 0) is 11.3 Å². The second-order valence-electron chi connectivity index (χ2n) is 6.19. The number of methoxy groups -OCH3 is 1. The lowest BCUT2D eigenvalue weighted by Crippen LogP contribution is -2.50. The molecule has 2 aromatic rings. The molecule has 1 unspecified atom stereocenters. The Kier molecular flexibility index (Phi) is 6.39. The number of halogens is 1. The van der Waals surface area contributed by atoms with E-state index in [2.05, 4.69) is 9.71 Å². The summed E-state index contributed by atoms with van der Waals surface area (Å²) in [4.78, 5) is 31.9. The van der Waals surface area contributed by atoms with Crippen molar-refractivity contribution in [2.24, 2.45) is 0 Å². The molecule has 2 heterocycles. The fourth-order valence-electron chi connectivity index (χ4n) is 3.01. The van der Waals surface area contributed by atoms with Crippen LogP contribution in [0.3, 0.4) is 0 Å². The van der Waals surface area contributed by atoms with Gasteiger partial charge in [0.15, 0.2) is 5.82 Å². The number of piperazine rings is 1. The molecule has 1 N–H and O–H groups in total. The molecule has 29 heavy (non-hydrogen) atoms. The van der Waals surface area contributed by atoms with E-state index in [4.69, 9.17) is 4.74 Å². The van der Waals surface area contributed by atoms with Crippen molar-refractivity contribution in [3.63, 3.8) is 0 Å². The van der Waals surface area contributed by atoms with Crippen LogP contribution in [-0.4, -0.2) is 68.6 Å². The largest absolute Gasteiger partial charge is 0.755 e. The Balaban J connectivity index is 1.66. The van der Waals surface area contributed by atoms with E-state index >= 15 is 0 Å². The highest BCUT2D eigenvalue weighted by Gasteiger charge is 2.27. The van der Waals surface area contributed by atoms with E-state index in [0.29, 0.717) is 5.56 Å². The number of carbonyl (C=O) groups is 2. The lowest BCUT2D eigenvalue weighted by Gasteiger charge is -2.35. The van der Waals surface area contributed by atoms with Crippen LogP contribution in [0.15, 0.2) is 36.7 Å². The summed E-state index contributed by atoms with van der Waals surface area (Å²) in [7, 11) is 1.37. The number of aromatic nitrogens is 1. The van der Waals surface area contributed by atoms with Crippen molar-refractivity contribution in [3.05, 3.63) is 53.6 Å². The summed E-state index contributed by atoms with van der Waals surface area (Å²) in [6.07, 6.45) is 2.34. The minimum absolute atomic E-state index is 0.0524. The van der Waals surface area contributed by atoms with E-state index in [9.17, 15) is 22.7 Å². The van der Waals surface area contributed by atoms with E-state index in [0.717, 1.165) is 6.20 Å². The molecule has 1 fully saturated rings. The lowest BCUT2D eigenvalue weighted by molar-refractivity contribution is 0.0532. The van der Waals surface area contributed by atoms with Crippen molar-refractivity contribution >= 4 is 28.8 Å². The van der Waals surface area contributed by atoms with Gasteiger partial charge in [-0.15, -0.1) is 0 Å². The van der Waals surface area contributed by atoms with Crippen LogP contribution in [0, 0.1) is 5.82 Å². The summed E-state index contributed by atoms with van der Waals surface area (Å²) >= 11 is -2.52. The van der Waals surface area contributed by atoms with E-state index in [1.54, 1.807) is 4.90 Å². The van der Waals surface area contributed by atoms with Gasteiger partial charge in [-0.05, 0) is 24.3 Å². The van der Waals surface area contributed by atoms with E-state index in [1.165, 1.54) is 42.5 Å². The number of nitrogens with one attached hydrogen (secondary N) is 1. The second kappa shape index (κ2) is 8.97. The van der Waals surface area contributed by atoms with Gasteiger partial charge < -0.3 is 23.8 Å². The van der Waals surface area contributed by atoms with Crippen molar-refractivity contribution in [2.75, 3.05) is 38.0 Å². The van der Waals surface area contributed by atoms with Crippen LogP contribution >= 0.6 is 0 Å². The number of nitrogens with zero attached hydrogens (tertiary/aromatic N) is 3. The number of carbonyl (C=O) groups excluding carboxylic acids is 2. The zero-order valence-electron chi connectivity index (χ0n) is 15.5. The predicted molar refractivity (Wildman–Crippen MR) is 102 cm³/mol. The molecule has 1 aliphatic heterocycles. The molecule has 0 saturated carbocycles. The van der Waals surface area contributed by atoms with Crippen LogP contribution in [0.1, 0.15) is 20.7 Å². The number of rotatable bonds is 5. The third kappa shape index (κ3) is 4.69. The minimum atomic E-state index is -2.52. The highest BCUT2D eigenvalue weighted by atomic mass is 32.2. The molecule has 154 valence electrons. The fraction of sp³-hybridized carbons (Fsp3) is 0.278. The van der Waals surface area contributed by atoms with Crippen molar-refractivity contribution < 1.29 is 27.5 Å². The maximum absolute atomic E-state index is 13.8. The van der Waals surface area contributed by atoms with Crippen LogP contribution in [0.4, 0.5) is 10.1 Å². The Morgan fingerprint density at radius 3 is 2.41 bits per heavy atom. The Labute approximate surface area is 168 Å². The van der Waals surface area contributed by atoms with Crippen LogP contribution < -0.4 is 9.46 Å². The van der Waals surface area contributed by atoms with Crippen molar-refractivity contribution in [1.29, 1.82) is 0 Å². The highest BCUT2D eigenvalue weighted by molar-refractivity contribution is 7.80. The first-order chi connectivity index (χ1) is 13.9. The Hall–Kier alpha value is -3.05. The monoisotopic (exact) mass is 421 g/mol. The maximum atomic E-state index is 13.8. The summed E-state index contributed by atoms with van der Waals surface area (Å²) in [6.45, 7) is 1.09. The van der Waals surface area contributed by atoms with Gasteiger partial charge in [-0.25, -0.2) is 4.39 Å². The number of anilines is 1. The SMILES string of the molecule is COc1cc(C(=O)N2CCN(C(=O)c3ccncc3F)CC2)ccc1NS(=O)[O-]. The van der Waals surface area contributed by atoms with E-state index in [-0.39, 0.29) is 49.1 Å². The first-order valence-electron chi connectivity index (χ1n) is 8.62. The molecule has 1 aliphatic rings. The van der Waals surface area contributed by atoms with Gasteiger partial charge in [0, 0.05) is 49.2 Å². The van der Waals surface area contributed by atoms with Crippen molar-refractivity contribution in [1.82, 2.24) is 14.8 Å². The van der Waals surface area contributed by atoms with Gasteiger partial charge in [0.2, 0.25) is 0 Å². The summed E-state index contributed by atoms with van der Waals surface area (Å²) in [5.74, 6) is -1.20. The third-order valence-corrected chi connectivity index (χ3v) is 4.89. The molecule has 0 radical (unpaired) electrons. The first kappa shape index (κ1) is 20.7. The van der Waals surface area contributed by atoms with Gasteiger partial charge >= 0.3 is 0 Å². The molecule has 11 heteroatoms. The summed E-state index contributed by atoms with van der Waals surface area (Å²) < 4.78 is 42.7. The minimum Gasteiger partial charge on any atom is -0.755 e. The zero-order chi connectivity index (χ0) is 21.0. The molecule has 1 aromatic heterocycles. The summed E-state index contributed by atoms with van der Waals surface area (Å²) in [5.41, 5.74) is 0.486. The summed E-state index contributed by atoms with van der Waals surface area (Å²) in [6, 6.07) is 5.70. The molecule has 0 bridgehead atoms. The van der Waals surface area contributed by atoms with Gasteiger partial charge in [0.25, 0.3) is 11.8 Å². The molecule has 0 spiro atoms. The molecule has 3 rings (SSSR count). The average molecular weight is 421 g/mol. The normalized spacial score (nSPS) is 15.0. The summed E-state index contributed by atoms with van der Waals surface area (Å²) in [5, 5.41) is 0. The molecule has 1 aromatic carbocycles. The number of amides is 2. The number of hydrogen-bond donors (Lipinski definition) is 1. The number of ether oxygens (including phenoxy) is 1. The molecule has 2 amide bonds. The zero-order valence-corrected chi connectivity index (χ0v) is 16.3. The average Bonchev–Trinajstić information content (AvgIpc) is 2.73. The Morgan fingerprint density at radius 2 is 1.83 bits per heavy atom. The van der Waals surface area contributed by atoms with Gasteiger partial charge in [-0.3, -0.25) is 18.8 Å². The van der Waals surface area contributed by atoms with Crippen molar-refractivity contribution in [2.45, 2.75) is 0 Å². The molecule has 1 atom stereocenters. The predicted octanol–water partition coefficient (Wildman–Crippen LogP) is 1.03. The molecule has 9 nitrogen and oxygen atoms in total. The van der Waals surface area contributed by atoms with E-state index < -0.39 is 23.0 Å². The van der Waals surface area contributed by atoms with Crippen LogP contribution in [0.2, 0.25) is 0 Å². The van der Waals surface area contributed by atoms with Gasteiger partial charge in [-0.1, -0.05) is 0 Å². The fourth-order valence-corrected chi connectivity index (χ4v) is 3.36. The number of pyridine rings is 1. The van der Waals surface area contributed by atoms with Gasteiger partial charge in [0.1, 0.15) is 5.75 Å². The molecule has 1 saturated heterocycles. The van der Waals surface area contributed by atoms with Crippen LogP contribution in [0.5, 0.6) is 5.75 Å². The first-order valence-corrected chi connectivity index (χ1v) is 9.70. The Bertz CT molecular complexity index is 950. The highest BCUT2D eigenvalue weighted by Crippen LogP contribution is 2.26. The lowest BCUT2D eigenvalue weighted by atomic mass is 10.1. The number of benzene rings is 1. The topological polar surface area (TPSA) is 115 Å². The van der Waals surface area contributed by atoms with Crippen LogP contribution in [0.25, 0.3) is 0 Å². The standard InChI is InChI=1S/C18H19FN4O5S/c1-28-16-10-12(2-3-15(16)21-29(26)27)17(24)22-6-8-23(9-7-22)18(25)13-4-5-20-11-14(13)19/h2-5,10-11,21H,6-9H2,1H3,(H,26,27)/p-1.